The number of pyridine rings is 1. The number of nitrogens with zero attached hydrogens (tertiary/aromatic N) is 3. The molecular formula is C16H17N3S. The van der Waals surface area contributed by atoms with Gasteiger partial charge in [-0.3, -0.25) is 0 Å². The molecule has 1 aromatic heterocycles. The molecule has 4 heteroatoms. The van der Waals surface area contributed by atoms with Crippen LogP contribution in [0.15, 0.2) is 53.7 Å². The van der Waals surface area contributed by atoms with Crippen molar-refractivity contribution < 1.29 is 0 Å². The van der Waals surface area contributed by atoms with Crippen molar-refractivity contribution >= 4 is 11.8 Å². The summed E-state index contributed by atoms with van der Waals surface area (Å²) in [5.41, 5.74) is 1.94. The fourth-order valence-corrected chi connectivity index (χ4v) is 2.72. The summed E-state index contributed by atoms with van der Waals surface area (Å²) in [6.07, 6.45) is 1.62. The van der Waals surface area contributed by atoms with Crippen molar-refractivity contribution in [1.82, 2.24) is 9.88 Å². The Bertz CT molecular complexity index is 561. The average molecular weight is 283 g/mol. The predicted molar refractivity (Wildman–Crippen MR) is 82.5 cm³/mol. The molecule has 102 valence electrons. The lowest BCUT2D eigenvalue weighted by atomic mass is 10.2. The zero-order chi connectivity index (χ0) is 14.2. The highest BCUT2D eigenvalue weighted by molar-refractivity contribution is 7.99. The van der Waals surface area contributed by atoms with Crippen molar-refractivity contribution in [2.45, 2.75) is 11.6 Å². The molecule has 0 bridgehead atoms. The van der Waals surface area contributed by atoms with Gasteiger partial charge in [-0.25, -0.2) is 4.98 Å². The SMILES string of the molecule is CN(CCSc1ccc(C#N)cn1)Cc1ccccc1. The first-order valence-electron chi connectivity index (χ1n) is 6.49. The van der Waals surface area contributed by atoms with Gasteiger partial charge in [0.05, 0.1) is 10.6 Å². The maximum Gasteiger partial charge on any atom is 0.101 e. The van der Waals surface area contributed by atoms with E-state index in [4.69, 9.17) is 5.26 Å². The first kappa shape index (κ1) is 14.6. The first-order valence-corrected chi connectivity index (χ1v) is 7.48. The van der Waals surface area contributed by atoms with Gasteiger partial charge in [0.2, 0.25) is 0 Å². The minimum absolute atomic E-state index is 0.607. The third-order valence-electron chi connectivity index (χ3n) is 2.88. The summed E-state index contributed by atoms with van der Waals surface area (Å²) in [6.45, 7) is 1.96. The summed E-state index contributed by atoms with van der Waals surface area (Å²) in [7, 11) is 2.12. The van der Waals surface area contributed by atoms with Crippen LogP contribution in [0.1, 0.15) is 11.1 Å². The Hall–Kier alpha value is -1.83. The van der Waals surface area contributed by atoms with Gasteiger partial charge in [0.25, 0.3) is 0 Å². The molecule has 2 rings (SSSR count). The number of hydrogen-bond acceptors (Lipinski definition) is 4. The van der Waals surface area contributed by atoms with Crippen LogP contribution >= 0.6 is 11.8 Å². The number of aromatic nitrogens is 1. The van der Waals surface area contributed by atoms with Crippen molar-refractivity contribution in [3.8, 4) is 6.07 Å². The normalized spacial score (nSPS) is 10.4. The van der Waals surface area contributed by atoms with Crippen LogP contribution in [0.2, 0.25) is 0 Å². The Kier molecular flexibility index (Phi) is 5.60. The Morgan fingerprint density at radius 3 is 2.65 bits per heavy atom. The molecule has 2 aromatic rings. The lowest BCUT2D eigenvalue weighted by Gasteiger charge is -2.16. The minimum atomic E-state index is 0.607. The molecule has 0 spiro atoms. The van der Waals surface area contributed by atoms with Gasteiger partial charge >= 0.3 is 0 Å². The van der Waals surface area contributed by atoms with E-state index in [2.05, 4.69) is 47.3 Å². The van der Waals surface area contributed by atoms with Crippen molar-refractivity contribution in [1.29, 1.82) is 5.26 Å². The molecule has 0 saturated heterocycles. The second-order valence-corrected chi connectivity index (χ2v) is 5.68. The van der Waals surface area contributed by atoms with Crippen LogP contribution in [0.25, 0.3) is 0 Å². The maximum absolute atomic E-state index is 8.71. The van der Waals surface area contributed by atoms with Gasteiger partial charge in [-0.1, -0.05) is 30.3 Å². The predicted octanol–water partition coefficient (Wildman–Crippen LogP) is 3.18. The van der Waals surface area contributed by atoms with E-state index in [1.165, 1.54) is 5.56 Å². The van der Waals surface area contributed by atoms with Gasteiger partial charge in [0, 0.05) is 25.0 Å². The smallest absolute Gasteiger partial charge is 0.101 e. The Morgan fingerprint density at radius 1 is 1.20 bits per heavy atom. The summed E-state index contributed by atoms with van der Waals surface area (Å²) >= 11 is 1.72. The highest BCUT2D eigenvalue weighted by Crippen LogP contribution is 2.15. The van der Waals surface area contributed by atoms with Gasteiger partial charge in [0.1, 0.15) is 6.07 Å². The van der Waals surface area contributed by atoms with Crippen LogP contribution in [0.5, 0.6) is 0 Å². The molecule has 1 aromatic carbocycles. The molecule has 0 saturated carbocycles. The second kappa shape index (κ2) is 7.68. The summed E-state index contributed by atoms with van der Waals surface area (Å²) in [5, 5.41) is 9.68. The van der Waals surface area contributed by atoms with Gasteiger partial charge in [0.15, 0.2) is 0 Å². The van der Waals surface area contributed by atoms with E-state index in [1.807, 2.05) is 18.2 Å². The molecule has 0 aliphatic heterocycles. The Morgan fingerprint density at radius 2 is 2.00 bits per heavy atom. The van der Waals surface area contributed by atoms with Gasteiger partial charge in [-0.2, -0.15) is 5.26 Å². The van der Waals surface area contributed by atoms with Crippen LogP contribution < -0.4 is 0 Å². The summed E-state index contributed by atoms with van der Waals surface area (Å²) in [6, 6.07) is 16.3. The van der Waals surface area contributed by atoms with E-state index in [-0.39, 0.29) is 0 Å². The first-order chi connectivity index (χ1) is 9.78. The van der Waals surface area contributed by atoms with Crippen molar-refractivity contribution in [3.63, 3.8) is 0 Å². The Labute approximate surface area is 124 Å². The molecule has 0 N–H and O–H groups in total. The van der Waals surface area contributed by atoms with E-state index in [0.717, 1.165) is 23.9 Å². The standard InChI is InChI=1S/C16H17N3S/c1-19(13-14-5-3-2-4-6-14)9-10-20-16-8-7-15(11-17)12-18-16/h2-8,12H,9-10,13H2,1H3. The molecule has 0 aliphatic rings. The molecule has 0 atom stereocenters. The fraction of sp³-hybridized carbons (Fsp3) is 0.250. The van der Waals surface area contributed by atoms with E-state index in [0.29, 0.717) is 5.56 Å². The molecule has 3 nitrogen and oxygen atoms in total. The van der Waals surface area contributed by atoms with Crippen LogP contribution in [0, 0.1) is 11.3 Å². The van der Waals surface area contributed by atoms with Crippen molar-refractivity contribution in [2.75, 3.05) is 19.3 Å². The molecule has 0 fully saturated rings. The Balaban J connectivity index is 1.73. The monoisotopic (exact) mass is 283 g/mol. The minimum Gasteiger partial charge on any atom is -0.301 e. The van der Waals surface area contributed by atoms with Gasteiger partial charge < -0.3 is 4.90 Å². The second-order valence-electron chi connectivity index (χ2n) is 4.57. The summed E-state index contributed by atoms with van der Waals surface area (Å²) in [5.74, 6) is 0.988. The van der Waals surface area contributed by atoms with E-state index in [9.17, 15) is 0 Å². The summed E-state index contributed by atoms with van der Waals surface area (Å²) in [4.78, 5) is 6.55. The summed E-state index contributed by atoms with van der Waals surface area (Å²) < 4.78 is 0. The molecule has 0 amide bonds. The molecular weight excluding hydrogens is 266 g/mol. The number of hydrogen-bond donors (Lipinski definition) is 0. The number of thioether (sulfide) groups is 1. The van der Waals surface area contributed by atoms with Crippen molar-refractivity contribution in [2.24, 2.45) is 0 Å². The van der Waals surface area contributed by atoms with Crippen molar-refractivity contribution in [3.05, 3.63) is 59.8 Å². The van der Waals surface area contributed by atoms with Gasteiger partial charge in [-0.15, -0.1) is 11.8 Å². The lowest BCUT2D eigenvalue weighted by Crippen LogP contribution is -2.20. The topological polar surface area (TPSA) is 39.9 Å². The molecule has 20 heavy (non-hydrogen) atoms. The van der Waals surface area contributed by atoms with Crippen LogP contribution in [-0.4, -0.2) is 29.2 Å². The lowest BCUT2D eigenvalue weighted by molar-refractivity contribution is 0.348. The third-order valence-corrected chi connectivity index (χ3v) is 3.81. The highest BCUT2D eigenvalue weighted by Gasteiger charge is 2.01. The zero-order valence-electron chi connectivity index (χ0n) is 11.5. The quantitative estimate of drug-likeness (QED) is 0.763. The molecule has 1 heterocycles. The fourth-order valence-electron chi connectivity index (χ4n) is 1.81. The third kappa shape index (κ3) is 4.69. The number of rotatable bonds is 6. The molecule has 0 unspecified atom stereocenters. The number of nitriles is 1. The largest absolute Gasteiger partial charge is 0.301 e. The van der Waals surface area contributed by atoms with Crippen LogP contribution in [0.3, 0.4) is 0 Å². The molecule has 0 aliphatic carbocycles. The average Bonchev–Trinajstić information content (AvgIpc) is 2.49. The van der Waals surface area contributed by atoms with E-state index < -0.39 is 0 Å². The highest BCUT2D eigenvalue weighted by atomic mass is 32.2. The van der Waals surface area contributed by atoms with Crippen LogP contribution in [-0.2, 0) is 6.54 Å². The van der Waals surface area contributed by atoms with E-state index in [1.54, 1.807) is 18.0 Å². The van der Waals surface area contributed by atoms with Gasteiger partial charge in [-0.05, 0) is 24.7 Å². The maximum atomic E-state index is 8.71. The number of benzene rings is 1. The molecule has 0 radical (unpaired) electrons. The zero-order valence-corrected chi connectivity index (χ0v) is 12.3. The van der Waals surface area contributed by atoms with Crippen LogP contribution in [0.4, 0.5) is 0 Å². The van der Waals surface area contributed by atoms with E-state index >= 15 is 0 Å².